The standard InChI is InChI=1S/C28H29Cl2FN2O2/c1-3-19(2)32-28(35)26(15-20-7-5-4-6-8-20)33(18-21-9-13-24(31)14-10-21)27(34)16-22-11-12-23(29)17-25(22)30/h4-14,17,19,26H,3,15-16,18H2,1-2H3,(H,32,35)/t19-,26+/m0/s1. The summed E-state index contributed by atoms with van der Waals surface area (Å²) in [6.07, 6.45) is 1.10. The van der Waals surface area contributed by atoms with E-state index in [9.17, 15) is 14.0 Å². The Morgan fingerprint density at radius 1 is 0.971 bits per heavy atom. The van der Waals surface area contributed by atoms with Gasteiger partial charge in [-0.3, -0.25) is 9.59 Å². The number of rotatable bonds is 10. The molecule has 0 aliphatic heterocycles. The minimum absolute atomic E-state index is 0.000895. The SMILES string of the molecule is CC[C@H](C)NC(=O)[C@@H](Cc1ccccc1)N(Cc1ccc(F)cc1)C(=O)Cc1ccc(Cl)cc1Cl. The summed E-state index contributed by atoms with van der Waals surface area (Å²) in [5.74, 6) is -0.866. The summed E-state index contributed by atoms with van der Waals surface area (Å²) in [5, 5.41) is 3.89. The Bertz CT molecular complexity index is 1140. The van der Waals surface area contributed by atoms with E-state index in [1.807, 2.05) is 44.2 Å². The van der Waals surface area contributed by atoms with E-state index in [1.54, 1.807) is 35.2 Å². The Hall–Kier alpha value is -2.89. The van der Waals surface area contributed by atoms with Crippen LogP contribution in [0.2, 0.25) is 10.0 Å². The first-order valence-corrected chi connectivity index (χ1v) is 12.3. The molecule has 0 saturated carbocycles. The highest BCUT2D eigenvalue weighted by molar-refractivity contribution is 6.35. The number of hydrogen-bond donors (Lipinski definition) is 1. The normalized spacial score (nSPS) is 12.6. The Kier molecular flexibility index (Phi) is 9.70. The van der Waals surface area contributed by atoms with Crippen molar-refractivity contribution in [1.82, 2.24) is 10.2 Å². The Labute approximate surface area is 216 Å². The minimum atomic E-state index is -0.768. The number of nitrogens with zero attached hydrogens (tertiary/aromatic N) is 1. The van der Waals surface area contributed by atoms with E-state index in [-0.39, 0.29) is 36.6 Å². The van der Waals surface area contributed by atoms with Crippen molar-refractivity contribution >= 4 is 35.0 Å². The molecule has 1 N–H and O–H groups in total. The van der Waals surface area contributed by atoms with Gasteiger partial charge in [0.1, 0.15) is 11.9 Å². The molecule has 35 heavy (non-hydrogen) atoms. The summed E-state index contributed by atoms with van der Waals surface area (Å²) >= 11 is 12.4. The van der Waals surface area contributed by atoms with Crippen molar-refractivity contribution in [3.8, 4) is 0 Å². The second kappa shape index (κ2) is 12.7. The molecule has 2 amide bonds. The third-order valence-corrected chi connectivity index (χ3v) is 6.48. The minimum Gasteiger partial charge on any atom is -0.352 e. The van der Waals surface area contributed by atoms with Gasteiger partial charge in [-0.2, -0.15) is 0 Å². The highest BCUT2D eigenvalue weighted by Crippen LogP contribution is 2.23. The summed E-state index contributed by atoms with van der Waals surface area (Å²) in [7, 11) is 0. The van der Waals surface area contributed by atoms with Crippen molar-refractivity contribution in [2.45, 2.75) is 51.7 Å². The fraction of sp³-hybridized carbons (Fsp3) is 0.286. The predicted molar refractivity (Wildman–Crippen MR) is 139 cm³/mol. The second-order valence-corrected chi connectivity index (χ2v) is 9.43. The van der Waals surface area contributed by atoms with Gasteiger partial charge in [-0.15, -0.1) is 0 Å². The molecule has 0 fully saturated rings. The summed E-state index contributed by atoms with van der Waals surface area (Å²) < 4.78 is 13.5. The van der Waals surface area contributed by atoms with Gasteiger partial charge in [0.05, 0.1) is 6.42 Å². The first-order chi connectivity index (χ1) is 16.8. The monoisotopic (exact) mass is 514 g/mol. The molecule has 0 saturated heterocycles. The molecule has 3 rings (SSSR count). The molecule has 3 aromatic carbocycles. The van der Waals surface area contributed by atoms with E-state index in [0.717, 1.165) is 17.5 Å². The maximum Gasteiger partial charge on any atom is 0.243 e. The highest BCUT2D eigenvalue weighted by atomic mass is 35.5. The zero-order valence-corrected chi connectivity index (χ0v) is 21.3. The van der Waals surface area contributed by atoms with Gasteiger partial charge in [0.15, 0.2) is 0 Å². The third kappa shape index (κ3) is 7.81. The van der Waals surface area contributed by atoms with E-state index >= 15 is 0 Å². The maximum atomic E-state index is 13.7. The first kappa shape index (κ1) is 26.7. The molecule has 0 radical (unpaired) electrons. The lowest BCUT2D eigenvalue weighted by Gasteiger charge is -2.32. The highest BCUT2D eigenvalue weighted by Gasteiger charge is 2.31. The van der Waals surface area contributed by atoms with Crippen molar-refractivity contribution in [2.75, 3.05) is 0 Å². The van der Waals surface area contributed by atoms with Gasteiger partial charge in [0.2, 0.25) is 11.8 Å². The van der Waals surface area contributed by atoms with Crippen LogP contribution in [0.1, 0.15) is 37.0 Å². The molecule has 0 aliphatic carbocycles. The van der Waals surface area contributed by atoms with E-state index in [2.05, 4.69) is 5.32 Å². The Balaban J connectivity index is 1.98. The predicted octanol–water partition coefficient (Wildman–Crippen LogP) is 6.23. The second-order valence-electron chi connectivity index (χ2n) is 8.58. The molecule has 2 atom stereocenters. The van der Waals surface area contributed by atoms with Crippen LogP contribution in [-0.4, -0.2) is 28.8 Å². The van der Waals surface area contributed by atoms with Crippen LogP contribution < -0.4 is 5.32 Å². The van der Waals surface area contributed by atoms with Gasteiger partial charge in [-0.25, -0.2) is 4.39 Å². The van der Waals surface area contributed by atoms with Crippen LogP contribution >= 0.6 is 23.2 Å². The molecule has 7 heteroatoms. The molecule has 184 valence electrons. The van der Waals surface area contributed by atoms with E-state index in [1.165, 1.54) is 12.1 Å². The average Bonchev–Trinajstić information content (AvgIpc) is 2.84. The number of hydrogen-bond acceptors (Lipinski definition) is 2. The number of carbonyl (C=O) groups is 2. The fourth-order valence-electron chi connectivity index (χ4n) is 3.71. The molecule has 0 aliphatic rings. The van der Waals surface area contributed by atoms with Crippen LogP contribution in [0.3, 0.4) is 0 Å². The van der Waals surface area contributed by atoms with E-state index in [0.29, 0.717) is 22.0 Å². The van der Waals surface area contributed by atoms with Crippen LogP contribution in [0, 0.1) is 5.82 Å². The van der Waals surface area contributed by atoms with Gasteiger partial charge in [-0.1, -0.05) is 78.7 Å². The lowest BCUT2D eigenvalue weighted by Crippen LogP contribution is -2.52. The molecule has 0 spiro atoms. The first-order valence-electron chi connectivity index (χ1n) is 11.6. The van der Waals surface area contributed by atoms with Crippen molar-refractivity contribution in [1.29, 1.82) is 0 Å². The molecule has 0 heterocycles. The molecule has 0 aromatic heterocycles. The fourth-order valence-corrected chi connectivity index (χ4v) is 4.19. The average molecular weight is 515 g/mol. The van der Waals surface area contributed by atoms with Gasteiger partial charge in [0.25, 0.3) is 0 Å². The van der Waals surface area contributed by atoms with Gasteiger partial charge < -0.3 is 10.2 Å². The summed E-state index contributed by atoms with van der Waals surface area (Å²) in [6, 6.07) is 19.7. The van der Waals surface area contributed by atoms with Crippen LogP contribution in [0.15, 0.2) is 72.8 Å². The van der Waals surface area contributed by atoms with Crippen LogP contribution in [0.25, 0.3) is 0 Å². The lowest BCUT2D eigenvalue weighted by molar-refractivity contribution is -0.141. The molecular weight excluding hydrogens is 486 g/mol. The van der Waals surface area contributed by atoms with Crippen LogP contribution in [0.4, 0.5) is 4.39 Å². The quantitative estimate of drug-likeness (QED) is 0.348. The molecular formula is C28H29Cl2FN2O2. The molecule has 0 unspecified atom stereocenters. The summed E-state index contributed by atoms with van der Waals surface area (Å²) in [4.78, 5) is 28.7. The van der Waals surface area contributed by atoms with Gasteiger partial charge >= 0.3 is 0 Å². The zero-order chi connectivity index (χ0) is 25.4. The van der Waals surface area contributed by atoms with Crippen molar-refractivity contribution < 1.29 is 14.0 Å². The number of nitrogens with one attached hydrogen (secondary N) is 1. The maximum absolute atomic E-state index is 13.7. The number of carbonyl (C=O) groups excluding carboxylic acids is 2. The molecule has 4 nitrogen and oxygen atoms in total. The van der Waals surface area contributed by atoms with Crippen LogP contribution in [-0.2, 0) is 29.0 Å². The number of halogens is 3. The van der Waals surface area contributed by atoms with Crippen LogP contribution in [0.5, 0.6) is 0 Å². The lowest BCUT2D eigenvalue weighted by atomic mass is 10.0. The summed E-state index contributed by atoms with van der Waals surface area (Å²) in [6.45, 7) is 4.06. The zero-order valence-electron chi connectivity index (χ0n) is 19.8. The van der Waals surface area contributed by atoms with Crippen molar-refractivity contribution in [2.24, 2.45) is 0 Å². The van der Waals surface area contributed by atoms with E-state index in [4.69, 9.17) is 23.2 Å². The van der Waals surface area contributed by atoms with E-state index < -0.39 is 6.04 Å². The molecule has 0 bridgehead atoms. The topological polar surface area (TPSA) is 49.4 Å². The Morgan fingerprint density at radius 2 is 1.66 bits per heavy atom. The van der Waals surface area contributed by atoms with Crippen molar-refractivity contribution in [3.05, 3.63) is 105 Å². The smallest absolute Gasteiger partial charge is 0.243 e. The van der Waals surface area contributed by atoms with Crippen molar-refractivity contribution in [3.63, 3.8) is 0 Å². The summed E-state index contributed by atoms with van der Waals surface area (Å²) in [5.41, 5.74) is 2.26. The number of benzene rings is 3. The number of amides is 2. The Morgan fingerprint density at radius 3 is 2.29 bits per heavy atom. The van der Waals surface area contributed by atoms with Gasteiger partial charge in [0, 0.05) is 29.1 Å². The van der Waals surface area contributed by atoms with Gasteiger partial charge in [-0.05, 0) is 54.3 Å². The third-order valence-electron chi connectivity index (χ3n) is 5.90. The largest absolute Gasteiger partial charge is 0.352 e. The molecule has 3 aromatic rings.